The third kappa shape index (κ3) is 4.83. The molecule has 9 heavy (non-hydrogen) atoms. The van der Waals surface area contributed by atoms with E-state index in [1.165, 1.54) is 25.4 Å². The summed E-state index contributed by atoms with van der Waals surface area (Å²) in [6, 6.07) is 0. The van der Waals surface area contributed by atoms with E-state index < -0.39 is 0 Å². The standard InChI is InChI=1S/C7H16BCl/c1-3-8(4-2)6-5-7-9/h3-7H2,1-2H3. The molecule has 0 N–H and O–H groups in total. The largest absolute Gasteiger partial charge is 0.139 e. The molecule has 0 saturated heterocycles. The fraction of sp³-hybridized carbons (Fsp3) is 1.00. The second-order valence-corrected chi connectivity index (χ2v) is 2.89. The molecule has 0 heterocycles. The van der Waals surface area contributed by atoms with Crippen LogP contribution in [0.25, 0.3) is 0 Å². The van der Waals surface area contributed by atoms with Crippen LogP contribution in [0.2, 0.25) is 19.0 Å². The van der Waals surface area contributed by atoms with E-state index in [0.29, 0.717) is 0 Å². The maximum Gasteiger partial charge on any atom is 0.139 e. The van der Waals surface area contributed by atoms with Gasteiger partial charge < -0.3 is 0 Å². The Morgan fingerprint density at radius 2 is 1.78 bits per heavy atom. The molecule has 0 saturated carbocycles. The Labute approximate surface area is 64.1 Å². The molecular formula is C7H16BCl. The molecule has 0 spiro atoms. The summed E-state index contributed by atoms with van der Waals surface area (Å²) in [7, 11) is 0. The zero-order chi connectivity index (χ0) is 7.11. The average molecular weight is 146 g/mol. The van der Waals surface area contributed by atoms with E-state index in [0.717, 1.165) is 12.6 Å². The molecule has 0 rings (SSSR count). The van der Waals surface area contributed by atoms with Crippen LogP contribution >= 0.6 is 11.6 Å². The highest BCUT2D eigenvalue weighted by molar-refractivity contribution is 6.58. The summed E-state index contributed by atoms with van der Waals surface area (Å²) in [5, 5.41) is 0. The Kier molecular flexibility index (Phi) is 6.73. The third-order valence-corrected chi connectivity index (χ3v) is 2.17. The fourth-order valence-corrected chi connectivity index (χ4v) is 1.22. The van der Waals surface area contributed by atoms with Crippen molar-refractivity contribution in [2.24, 2.45) is 0 Å². The first-order valence-electron chi connectivity index (χ1n) is 3.91. The van der Waals surface area contributed by atoms with Gasteiger partial charge in [-0.3, -0.25) is 0 Å². The summed E-state index contributed by atoms with van der Waals surface area (Å²) >= 11 is 5.56. The van der Waals surface area contributed by atoms with E-state index in [9.17, 15) is 0 Å². The van der Waals surface area contributed by atoms with Crippen molar-refractivity contribution in [2.75, 3.05) is 5.88 Å². The summed E-state index contributed by atoms with van der Waals surface area (Å²) in [5.74, 6) is 0.830. The van der Waals surface area contributed by atoms with Gasteiger partial charge in [0.05, 0.1) is 0 Å². The molecule has 0 bridgehead atoms. The lowest BCUT2D eigenvalue weighted by molar-refractivity contribution is 1.05. The van der Waals surface area contributed by atoms with Gasteiger partial charge in [0.25, 0.3) is 0 Å². The predicted octanol–water partition coefficient (Wildman–Crippen LogP) is 3.15. The number of rotatable bonds is 5. The van der Waals surface area contributed by atoms with Crippen LogP contribution in [0.15, 0.2) is 0 Å². The molecule has 2 heteroatoms. The molecule has 0 unspecified atom stereocenters. The lowest BCUT2D eigenvalue weighted by atomic mass is 9.43. The molecule has 0 amide bonds. The Morgan fingerprint density at radius 1 is 1.22 bits per heavy atom. The molecule has 0 aliphatic carbocycles. The van der Waals surface area contributed by atoms with Crippen molar-refractivity contribution in [1.29, 1.82) is 0 Å². The highest BCUT2D eigenvalue weighted by atomic mass is 35.5. The topological polar surface area (TPSA) is 0 Å². The first-order chi connectivity index (χ1) is 4.35. The highest BCUT2D eigenvalue weighted by Gasteiger charge is 2.05. The second-order valence-electron chi connectivity index (χ2n) is 2.51. The predicted molar refractivity (Wildman–Crippen MR) is 46.9 cm³/mol. The minimum Gasteiger partial charge on any atom is -0.127 e. The van der Waals surface area contributed by atoms with E-state index in [-0.39, 0.29) is 0 Å². The number of alkyl halides is 1. The third-order valence-electron chi connectivity index (χ3n) is 1.90. The minimum atomic E-state index is 0.830. The van der Waals surface area contributed by atoms with Gasteiger partial charge in [0.1, 0.15) is 6.71 Å². The Hall–Kier alpha value is 0.355. The molecular weight excluding hydrogens is 130 g/mol. The number of hydrogen-bond acceptors (Lipinski definition) is 0. The first-order valence-corrected chi connectivity index (χ1v) is 4.44. The van der Waals surface area contributed by atoms with Crippen LogP contribution < -0.4 is 0 Å². The molecule has 0 aromatic carbocycles. The van der Waals surface area contributed by atoms with E-state index >= 15 is 0 Å². The van der Waals surface area contributed by atoms with Crippen LogP contribution in [-0.4, -0.2) is 12.6 Å². The highest BCUT2D eigenvalue weighted by Crippen LogP contribution is 2.07. The summed E-state index contributed by atoms with van der Waals surface area (Å²) in [5.41, 5.74) is 0. The van der Waals surface area contributed by atoms with E-state index in [1.807, 2.05) is 0 Å². The van der Waals surface area contributed by atoms with Crippen molar-refractivity contribution in [2.45, 2.75) is 39.2 Å². The van der Waals surface area contributed by atoms with Crippen molar-refractivity contribution < 1.29 is 0 Å². The first kappa shape index (κ1) is 9.35. The van der Waals surface area contributed by atoms with Gasteiger partial charge in [0.2, 0.25) is 0 Å². The average Bonchev–Trinajstić information content (AvgIpc) is 1.91. The van der Waals surface area contributed by atoms with Gasteiger partial charge in [0.15, 0.2) is 0 Å². The smallest absolute Gasteiger partial charge is 0.127 e. The van der Waals surface area contributed by atoms with Crippen molar-refractivity contribution in [3.05, 3.63) is 0 Å². The maximum absolute atomic E-state index is 5.56. The number of halogens is 1. The Balaban J connectivity index is 3.09. The zero-order valence-corrected chi connectivity index (χ0v) is 7.25. The lowest BCUT2D eigenvalue weighted by Crippen LogP contribution is -2.07. The van der Waals surface area contributed by atoms with E-state index in [4.69, 9.17) is 11.6 Å². The van der Waals surface area contributed by atoms with Gasteiger partial charge >= 0.3 is 0 Å². The van der Waals surface area contributed by atoms with Gasteiger partial charge in [-0.25, -0.2) is 0 Å². The van der Waals surface area contributed by atoms with Crippen LogP contribution in [0.1, 0.15) is 20.3 Å². The van der Waals surface area contributed by atoms with Crippen LogP contribution in [-0.2, 0) is 0 Å². The Morgan fingerprint density at radius 3 is 2.11 bits per heavy atom. The van der Waals surface area contributed by atoms with Crippen molar-refractivity contribution >= 4 is 18.3 Å². The molecule has 0 fully saturated rings. The normalized spacial score (nSPS) is 9.67. The van der Waals surface area contributed by atoms with Crippen LogP contribution in [0.5, 0.6) is 0 Å². The summed E-state index contributed by atoms with van der Waals surface area (Å²) in [6.07, 6.45) is 5.13. The molecule has 0 nitrogen and oxygen atoms in total. The van der Waals surface area contributed by atoms with Crippen LogP contribution in [0.4, 0.5) is 0 Å². The molecule has 0 aromatic heterocycles. The van der Waals surface area contributed by atoms with Crippen LogP contribution in [0.3, 0.4) is 0 Å². The maximum atomic E-state index is 5.56. The van der Waals surface area contributed by atoms with Crippen LogP contribution in [0, 0.1) is 0 Å². The van der Waals surface area contributed by atoms with Gasteiger partial charge in [-0.05, 0) is 6.42 Å². The quantitative estimate of drug-likeness (QED) is 0.413. The van der Waals surface area contributed by atoms with E-state index in [2.05, 4.69) is 13.8 Å². The summed E-state index contributed by atoms with van der Waals surface area (Å²) < 4.78 is 0. The Bertz CT molecular complexity index is 52.9. The van der Waals surface area contributed by atoms with Crippen molar-refractivity contribution in [3.63, 3.8) is 0 Å². The molecule has 54 valence electrons. The van der Waals surface area contributed by atoms with E-state index in [1.54, 1.807) is 0 Å². The molecule has 0 aromatic rings. The van der Waals surface area contributed by atoms with Gasteiger partial charge in [-0.15, -0.1) is 11.6 Å². The van der Waals surface area contributed by atoms with Gasteiger partial charge in [-0.1, -0.05) is 32.8 Å². The summed E-state index contributed by atoms with van der Waals surface area (Å²) in [4.78, 5) is 0. The minimum absolute atomic E-state index is 0.830. The molecule has 0 atom stereocenters. The van der Waals surface area contributed by atoms with Crippen molar-refractivity contribution in [1.82, 2.24) is 0 Å². The van der Waals surface area contributed by atoms with Crippen molar-refractivity contribution in [3.8, 4) is 0 Å². The monoisotopic (exact) mass is 146 g/mol. The fourth-order valence-electron chi connectivity index (χ4n) is 1.06. The molecule has 0 radical (unpaired) electrons. The SMILES string of the molecule is CCB(CC)CCCCl. The zero-order valence-electron chi connectivity index (χ0n) is 6.49. The molecule has 0 aliphatic rings. The lowest BCUT2D eigenvalue weighted by Gasteiger charge is -2.04. The number of hydrogen-bond donors (Lipinski definition) is 0. The second kappa shape index (κ2) is 6.47. The van der Waals surface area contributed by atoms with Gasteiger partial charge in [-0.2, -0.15) is 0 Å². The van der Waals surface area contributed by atoms with Gasteiger partial charge in [0, 0.05) is 5.88 Å². The molecule has 0 aliphatic heterocycles. The summed E-state index contributed by atoms with van der Waals surface area (Å²) in [6.45, 7) is 5.42.